The molecule has 2 N–H and O–H groups in total. The van der Waals surface area contributed by atoms with Crippen molar-refractivity contribution in [3.63, 3.8) is 0 Å². The van der Waals surface area contributed by atoms with Crippen molar-refractivity contribution >= 4 is 21.7 Å². The molecule has 0 bridgehead atoms. The number of aliphatic hydroxyl groups is 1. The lowest BCUT2D eigenvalue weighted by Gasteiger charge is -2.15. The van der Waals surface area contributed by atoms with E-state index in [0.29, 0.717) is 12.3 Å². The van der Waals surface area contributed by atoms with Gasteiger partial charge in [0.1, 0.15) is 30.1 Å². The van der Waals surface area contributed by atoms with Crippen molar-refractivity contribution < 1.29 is 9.84 Å². The van der Waals surface area contributed by atoms with Gasteiger partial charge in [0, 0.05) is 18.3 Å². The zero-order valence-electron chi connectivity index (χ0n) is 12.7. The molecule has 1 unspecified atom stereocenters. The topological polar surface area (TPSA) is 67.3 Å². The Morgan fingerprint density at radius 3 is 2.82 bits per heavy atom. The van der Waals surface area contributed by atoms with Crippen LogP contribution in [0.2, 0.25) is 0 Å². The Hall–Kier alpha value is -1.66. The third-order valence-corrected chi connectivity index (χ3v) is 3.70. The number of aromatic nitrogens is 2. The number of aryl methyl sites for hydroxylation is 2. The summed E-state index contributed by atoms with van der Waals surface area (Å²) in [5.74, 6) is 2.16. The number of nitrogens with one attached hydrogen (secondary N) is 1. The molecule has 0 saturated heterocycles. The van der Waals surface area contributed by atoms with E-state index >= 15 is 0 Å². The number of nitrogens with zero attached hydrogens (tertiary/aromatic N) is 2. The fraction of sp³-hybridized carbons (Fsp3) is 0.375. The maximum atomic E-state index is 10.0. The van der Waals surface area contributed by atoms with Crippen LogP contribution in [0.4, 0.5) is 5.82 Å². The molecule has 0 aliphatic rings. The van der Waals surface area contributed by atoms with Crippen LogP contribution in [0, 0.1) is 6.92 Å². The van der Waals surface area contributed by atoms with Gasteiger partial charge < -0.3 is 15.2 Å². The first-order valence-corrected chi connectivity index (χ1v) is 8.01. The standard InChI is InChI=1S/C16H20BrN3O2/c1-3-12-8-16(20-11(2)19-12)18-9-13(21)10-22-15-7-5-4-6-14(15)17/h4-8,13,21H,3,9-10H2,1-2H3,(H,18,19,20). The molecule has 1 aromatic carbocycles. The lowest BCUT2D eigenvalue weighted by Crippen LogP contribution is -2.26. The van der Waals surface area contributed by atoms with Gasteiger partial charge in [0.2, 0.25) is 0 Å². The molecule has 0 aliphatic carbocycles. The Bertz CT molecular complexity index is 622. The van der Waals surface area contributed by atoms with E-state index < -0.39 is 6.10 Å². The number of ether oxygens (including phenoxy) is 1. The summed E-state index contributed by atoms with van der Waals surface area (Å²) in [5, 5.41) is 13.1. The average Bonchev–Trinajstić information content (AvgIpc) is 2.51. The van der Waals surface area contributed by atoms with Crippen LogP contribution < -0.4 is 10.1 Å². The predicted molar refractivity (Wildman–Crippen MR) is 90.3 cm³/mol. The fourth-order valence-corrected chi connectivity index (χ4v) is 2.33. The maximum absolute atomic E-state index is 10.0. The number of halogens is 1. The number of benzene rings is 1. The molecule has 0 spiro atoms. The first kappa shape index (κ1) is 16.7. The highest BCUT2D eigenvalue weighted by Gasteiger charge is 2.08. The van der Waals surface area contributed by atoms with Crippen LogP contribution in [0.1, 0.15) is 18.4 Å². The predicted octanol–water partition coefficient (Wildman–Crippen LogP) is 2.96. The van der Waals surface area contributed by atoms with Gasteiger partial charge in [-0.3, -0.25) is 0 Å². The summed E-state index contributed by atoms with van der Waals surface area (Å²) in [5.41, 5.74) is 0.981. The molecule has 22 heavy (non-hydrogen) atoms. The van der Waals surface area contributed by atoms with Crippen molar-refractivity contribution in [2.75, 3.05) is 18.5 Å². The molecule has 118 valence electrons. The summed E-state index contributed by atoms with van der Waals surface area (Å²) in [4.78, 5) is 8.63. The summed E-state index contributed by atoms with van der Waals surface area (Å²) < 4.78 is 6.46. The van der Waals surface area contributed by atoms with Gasteiger partial charge in [-0.1, -0.05) is 19.1 Å². The Labute approximate surface area is 138 Å². The van der Waals surface area contributed by atoms with Gasteiger partial charge in [0.25, 0.3) is 0 Å². The first-order chi connectivity index (χ1) is 10.6. The highest BCUT2D eigenvalue weighted by molar-refractivity contribution is 9.10. The highest BCUT2D eigenvalue weighted by Crippen LogP contribution is 2.23. The number of para-hydroxylation sites is 1. The van der Waals surface area contributed by atoms with Crippen LogP contribution in [-0.2, 0) is 6.42 Å². The molecule has 2 rings (SSSR count). The summed E-state index contributed by atoms with van der Waals surface area (Å²) >= 11 is 3.41. The van der Waals surface area contributed by atoms with E-state index in [1.165, 1.54) is 0 Å². The minimum atomic E-state index is -0.632. The number of aliphatic hydroxyl groups excluding tert-OH is 1. The zero-order chi connectivity index (χ0) is 15.9. The van der Waals surface area contributed by atoms with Gasteiger partial charge >= 0.3 is 0 Å². The van der Waals surface area contributed by atoms with Crippen LogP contribution in [0.15, 0.2) is 34.8 Å². The van der Waals surface area contributed by atoms with Crippen LogP contribution in [0.3, 0.4) is 0 Å². The zero-order valence-corrected chi connectivity index (χ0v) is 14.3. The van der Waals surface area contributed by atoms with Gasteiger partial charge in [-0.05, 0) is 41.4 Å². The molecule has 1 atom stereocenters. The monoisotopic (exact) mass is 365 g/mol. The summed E-state index contributed by atoms with van der Waals surface area (Å²) in [6, 6.07) is 9.45. The molecule has 5 nitrogen and oxygen atoms in total. The van der Waals surface area contributed by atoms with Gasteiger partial charge in [-0.2, -0.15) is 0 Å². The molecule has 0 amide bonds. The Balaban J connectivity index is 1.84. The second-order valence-corrected chi connectivity index (χ2v) is 5.78. The third-order valence-electron chi connectivity index (χ3n) is 3.04. The largest absolute Gasteiger partial charge is 0.490 e. The molecular weight excluding hydrogens is 346 g/mol. The fourth-order valence-electron chi connectivity index (χ4n) is 1.93. The molecule has 0 aliphatic heterocycles. The second-order valence-electron chi connectivity index (χ2n) is 4.92. The molecule has 0 radical (unpaired) electrons. The molecule has 6 heteroatoms. The Kier molecular flexibility index (Phi) is 6.15. The first-order valence-electron chi connectivity index (χ1n) is 7.22. The molecule has 0 fully saturated rings. The lowest BCUT2D eigenvalue weighted by molar-refractivity contribution is 0.117. The van der Waals surface area contributed by atoms with Crippen molar-refractivity contribution in [2.45, 2.75) is 26.4 Å². The van der Waals surface area contributed by atoms with Crippen molar-refractivity contribution in [1.82, 2.24) is 9.97 Å². The van der Waals surface area contributed by atoms with Crippen LogP contribution >= 0.6 is 15.9 Å². The minimum Gasteiger partial charge on any atom is -0.490 e. The third kappa shape index (κ3) is 4.96. The Morgan fingerprint density at radius 2 is 2.09 bits per heavy atom. The summed E-state index contributed by atoms with van der Waals surface area (Å²) in [6.07, 6.45) is 0.221. The van der Waals surface area contributed by atoms with Gasteiger partial charge in [-0.15, -0.1) is 0 Å². The number of hydrogen-bond donors (Lipinski definition) is 2. The van der Waals surface area contributed by atoms with E-state index in [2.05, 4.69) is 31.2 Å². The molecule has 1 heterocycles. The second kappa shape index (κ2) is 8.10. The quantitative estimate of drug-likeness (QED) is 0.789. The Morgan fingerprint density at radius 1 is 1.32 bits per heavy atom. The van der Waals surface area contributed by atoms with E-state index in [4.69, 9.17) is 4.74 Å². The van der Waals surface area contributed by atoms with Gasteiger partial charge in [-0.25, -0.2) is 9.97 Å². The van der Waals surface area contributed by atoms with Crippen molar-refractivity contribution in [3.05, 3.63) is 46.3 Å². The van der Waals surface area contributed by atoms with E-state index in [1.807, 2.05) is 44.2 Å². The molecule has 0 saturated carbocycles. The SMILES string of the molecule is CCc1cc(NCC(O)COc2ccccc2Br)nc(C)n1. The number of anilines is 1. The van der Waals surface area contributed by atoms with Crippen molar-refractivity contribution in [1.29, 1.82) is 0 Å². The summed E-state index contributed by atoms with van der Waals surface area (Å²) in [7, 11) is 0. The van der Waals surface area contributed by atoms with E-state index in [9.17, 15) is 5.11 Å². The number of rotatable bonds is 7. The van der Waals surface area contributed by atoms with Crippen LogP contribution in [-0.4, -0.2) is 34.3 Å². The number of hydrogen-bond acceptors (Lipinski definition) is 5. The van der Waals surface area contributed by atoms with E-state index in [0.717, 1.165) is 28.2 Å². The van der Waals surface area contributed by atoms with Crippen molar-refractivity contribution in [2.24, 2.45) is 0 Å². The average molecular weight is 366 g/mol. The highest BCUT2D eigenvalue weighted by atomic mass is 79.9. The normalized spacial score (nSPS) is 12.0. The summed E-state index contributed by atoms with van der Waals surface area (Å²) in [6.45, 7) is 4.48. The van der Waals surface area contributed by atoms with E-state index in [1.54, 1.807) is 0 Å². The van der Waals surface area contributed by atoms with Crippen molar-refractivity contribution in [3.8, 4) is 5.75 Å². The lowest BCUT2D eigenvalue weighted by atomic mass is 10.3. The molecule has 1 aromatic heterocycles. The van der Waals surface area contributed by atoms with E-state index in [-0.39, 0.29) is 6.61 Å². The van der Waals surface area contributed by atoms with Crippen LogP contribution in [0.25, 0.3) is 0 Å². The van der Waals surface area contributed by atoms with Crippen LogP contribution in [0.5, 0.6) is 5.75 Å². The smallest absolute Gasteiger partial charge is 0.133 e. The molecular formula is C16H20BrN3O2. The van der Waals surface area contributed by atoms with Gasteiger partial charge in [0.05, 0.1) is 4.47 Å². The van der Waals surface area contributed by atoms with Gasteiger partial charge in [0.15, 0.2) is 0 Å². The molecule has 2 aromatic rings. The minimum absolute atomic E-state index is 0.209. The maximum Gasteiger partial charge on any atom is 0.133 e.